The van der Waals surface area contributed by atoms with E-state index in [9.17, 15) is 22.0 Å². The number of anilines is 1. The Kier molecular flexibility index (Phi) is 7.08. The molecule has 0 aliphatic carbocycles. The first-order valence-corrected chi connectivity index (χ1v) is 11.6. The third-order valence-corrected chi connectivity index (χ3v) is 7.49. The van der Waals surface area contributed by atoms with E-state index in [1.54, 1.807) is 25.1 Å². The Morgan fingerprint density at radius 2 is 1.90 bits per heavy atom. The van der Waals surface area contributed by atoms with Gasteiger partial charge in [0, 0.05) is 26.3 Å². The molecule has 1 heterocycles. The average molecular weight is 452 g/mol. The normalized spacial score (nSPS) is 18.7. The molecule has 31 heavy (non-hydrogen) atoms. The van der Waals surface area contributed by atoms with Crippen molar-refractivity contribution in [2.24, 2.45) is 0 Å². The molecule has 1 N–H and O–H groups in total. The summed E-state index contributed by atoms with van der Waals surface area (Å²) in [5.74, 6) is -1.99. The van der Waals surface area contributed by atoms with E-state index in [0.717, 1.165) is 28.8 Å². The van der Waals surface area contributed by atoms with Crippen LogP contribution in [0.4, 0.5) is 14.5 Å². The molecule has 0 bridgehead atoms. The summed E-state index contributed by atoms with van der Waals surface area (Å²) in [5, 5.41) is 2.79. The van der Waals surface area contributed by atoms with Crippen LogP contribution in [-0.4, -0.2) is 56.8 Å². The fourth-order valence-corrected chi connectivity index (χ4v) is 4.70. The van der Waals surface area contributed by atoms with E-state index in [-0.39, 0.29) is 16.7 Å². The van der Waals surface area contributed by atoms with Crippen LogP contribution >= 0.6 is 0 Å². The number of nitrogens with zero attached hydrogens (tertiary/aromatic N) is 2. The summed E-state index contributed by atoms with van der Waals surface area (Å²) < 4.78 is 52.6. The van der Waals surface area contributed by atoms with Crippen molar-refractivity contribution < 1.29 is 22.0 Å². The maximum absolute atomic E-state index is 13.6. The molecule has 3 rings (SSSR count). The van der Waals surface area contributed by atoms with Crippen LogP contribution in [0, 0.1) is 11.6 Å². The van der Waals surface area contributed by atoms with Gasteiger partial charge in [-0.15, -0.1) is 0 Å². The van der Waals surface area contributed by atoms with Gasteiger partial charge in [-0.1, -0.05) is 12.1 Å². The number of rotatable bonds is 6. The first-order chi connectivity index (χ1) is 14.6. The highest BCUT2D eigenvalue weighted by Crippen LogP contribution is 2.29. The van der Waals surface area contributed by atoms with Gasteiger partial charge in [0.25, 0.3) is 0 Å². The molecule has 0 spiro atoms. The highest BCUT2D eigenvalue weighted by Gasteiger charge is 2.29. The van der Waals surface area contributed by atoms with Crippen LogP contribution in [0.5, 0.6) is 0 Å². The molecule has 0 radical (unpaired) electrons. The predicted octanol–water partition coefficient (Wildman–Crippen LogP) is 3.42. The molecule has 1 fully saturated rings. The molecular weight excluding hydrogens is 424 g/mol. The summed E-state index contributed by atoms with van der Waals surface area (Å²) in [4.78, 5) is 14.9. The van der Waals surface area contributed by atoms with Crippen LogP contribution < -0.4 is 5.32 Å². The van der Waals surface area contributed by atoms with E-state index in [2.05, 4.69) is 5.32 Å². The van der Waals surface area contributed by atoms with Gasteiger partial charge in [0.1, 0.15) is 0 Å². The monoisotopic (exact) mass is 451 g/mol. The minimum atomic E-state index is -3.61. The summed E-state index contributed by atoms with van der Waals surface area (Å²) in [6, 6.07) is 9.61. The lowest BCUT2D eigenvalue weighted by atomic mass is 9.90. The van der Waals surface area contributed by atoms with Crippen LogP contribution in [0.15, 0.2) is 47.4 Å². The Morgan fingerprint density at radius 3 is 2.58 bits per heavy atom. The standard InChI is InChI=1S/C22H27F2N3O3S/c1-15(22(28)25-18-7-4-8-19(13-18)31(29,30)26(2)3)27-11-5-6-17(14-27)16-9-10-20(23)21(24)12-16/h4,7-10,12-13,15,17H,5-6,11,14H2,1-3H3,(H,25,28). The fraction of sp³-hybridized carbons (Fsp3) is 0.409. The number of hydrogen-bond acceptors (Lipinski definition) is 4. The lowest BCUT2D eigenvalue weighted by Crippen LogP contribution is -2.46. The number of nitrogens with one attached hydrogen (secondary N) is 1. The molecule has 2 aromatic carbocycles. The highest BCUT2D eigenvalue weighted by molar-refractivity contribution is 7.89. The predicted molar refractivity (Wildman–Crippen MR) is 115 cm³/mol. The fourth-order valence-electron chi connectivity index (χ4n) is 3.75. The lowest BCUT2D eigenvalue weighted by Gasteiger charge is -2.36. The van der Waals surface area contributed by atoms with Crippen LogP contribution in [0.2, 0.25) is 0 Å². The molecule has 1 amide bonds. The van der Waals surface area contributed by atoms with Gasteiger partial charge < -0.3 is 5.32 Å². The molecule has 6 nitrogen and oxygen atoms in total. The number of likely N-dealkylation sites (tertiary alicyclic amines) is 1. The largest absolute Gasteiger partial charge is 0.325 e. The van der Waals surface area contributed by atoms with E-state index >= 15 is 0 Å². The van der Waals surface area contributed by atoms with Gasteiger partial charge in [0.2, 0.25) is 15.9 Å². The number of sulfonamides is 1. The van der Waals surface area contributed by atoms with Gasteiger partial charge in [-0.25, -0.2) is 21.5 Å². The average Bonchev–Trinajstić information content (AvgIpc) is 2.75. The molecule has 1 aliphatic rings. The smallest absolute Gasteiger partial charge is 0.242 e. The second kappa shape index (κ2) is 9.42. The Labute approximate surface area is 181 Å². The molecule has 168 valence electrons. The van der Waals surface area contributed by atoms with Crippen LogP contribution in [0.3, 0.4) is 0 Å². The molecule has 1 aliphatic heterocycles. The van der Waals surface area contributed by atoms with E-state index in [1.807, 2.05) is 4.90 Å². The second-order valence-corrected chi connectivity index (χ2v) is 10.1. The summed E-state index contributed by atoms with van der Waals surface area (Å²) >= 11 is 0. The Bertz CT molecular complexity index is 1060. The highest BCUT2D eigenvalue weighted by atomic mass is 32.2. The van der Waals surface area contributed by atoms with Crippen LogP contribution in [0.25, 0.3) is 0 Å². The zero-order valence-corrected chi connectivity index (χ0v) is 18.6. The number of carbonyl (C=O) groups excluding carboxylic acids is 1. The van der Waals surface area contributed by atoms with Gasteiger partial charge in [-0.3, -0.25) is 9.69 Å². The summed E-state index contributed by atoms with van der Waals surface area (Å²) in [5.41, 5.74) is 1.12. The van der Waals surface area contributed by atoms with E-state index in [1.165, 1.54) is 32.3 Å². The molecule has 2 aromatic rings. The van der Waals surface area contributed by atoms with Crippen molar-refractivity contribution in [2.75, 3.05) is 32.5 Å². The van der Waals surface area contributed by atoms with Crippen molar-refractivity contribution in [3.8, 4) is 0 Å². The van der Waals surface area contributed by atoms with E-state index < -0.39 is 27.7 Å². The maximum atomic E-state index is 13.6. The molecular formula is C22H27F2N3O3S. The van der Waals surface area contributed by atoms with Crippen LogP contribution in [0.1, 0.15) is 31.2 Å². The van der Waals surface area contributed by atoms with Gasteiger partial charge >= 0.3 is 0 Å². The molecule has 9 heteroatoms. The number of hydrogen-bond donors (Lipinski definition) is 1. The molecule has 2 atom stereocenters. The quantitative estimate of drug-likeness (QED) is 0.731. The lowest BCUT2D eigenvalue weighted by molar-refractivity contribution is -0.121. The first-order valence-electron chi connectivity index (χ1n) is 10.1. The van der Waals surface area contributed by atoms with Crippen molar-refractivity contribution in [3.63, 3.8) is 0 Å². The number of benzene rings is 2. The summed E-state index contributed by atoms with van der Waals surface area (Å²) in [6.45, 7) is 3.04. The van der Waals surface area contributed by atoms with Crippen molar-refractivity contribution in [1.82, 2.24) is 9.21 Å². The second-order valence-electron chi connectivity index (χ2n) is 7.99. The molecule has 0 saturated carbocycles. The number of halogens is 2. The zero-order valence-electron chi connectivity index (χ0n) is 17.8. The third kappa shape index (κ3) is 5.28. The van der Waals surface area contributed by atoms with Gasteiger partial charge in [-0.05, 0) is 68.1 Å². The Morgan fingerprint density at radius 1 is 1.16 bits per heavy atom. The topological polar surface area (TPSA) is 69.7 Å². The number of piperidine rings is 1. The SMILES string of the molecule is CC(C(=O)Nc1cccc(S(=O)(=O)N(C)C)c1)N1CCCC(c2ccc(F)c(F)c2)C1. The van der Waals surface area contributed by atoms with Crippen molar-refractivity contribution >= 4 is 21.6 Å². The van der Waals surface area contributed by atoms with Gasteiger partial charge in [0.15, 0.2) is 11.6 Å². The van der Waals surface area contributed by atoms with E-state index in [0.29, 0.717) is 18.8 Å². The van der Waals surface area contributed by atoms with Gasteiger partial charge in [-0.2, -0.15) is 0 Å². The van der Waals surface area contributed by atoms with Crippen molar-refractivity contribution in [3.05, 3.63) is 59.7 Å². The summed E-state index contributed by atoms with van der Waals surface area (Å²) in [7, 11) is -0.712. The number of carbonyl (C=O) groups is 1. The van der Waals surface area contributed by atoms with Crippen molar-refractivity contribution in [2.45, 2.75) is 36.6 Å². The zero-order chi connectivity index (χ0) is 22.8. The maximum Gasteiger partial charge on any atom is 0.242 e. The molecule has 2 unspecified atom stereocenters. The summed E-state index contributed by atoms with van der Waals surface area (Å²) in [6.07, 6.45) is 1.66. The third-order valence-electron chi connectivity index (χ3n) is 5.68. The Hall–Kier alpha value is -2.36. The Balaban J connectivity index is 1.69. The minimum absolute atomic E-state index is 0.00709. The van der Waals surface area contributed by atoms with Crippen molar-refractivity contribution in [1.29, 1.82) is 0 Å². The minimum Gasteiger partial charge on any atom is -0.325 e. The number of amides is 1. The molecule has 1 saturated heterocycles. The molecule has 0 aromatic heterocycles. The first kappa shape index (κ1) is 23.3. The van der Waals surface area contributed by atoms with E-state index in [4.69, 9.17) is 0 Å². The van der Waals surface area contributed by atoms with Gasteiger partial charge in [0.05, 0.1) is 10.9 Å². The van der Waals surface area contributed by atoms with Crippen LogP contribution in [-0.2, 0) is 14.8 Å².